The van der Waals surface area contributed by atoms with E-state index in [2.05, 4.69) is 5.32 Å². The van der Waals surface area contributed by atoms with Gasteiger partial charge in [-0.3, -0.25) is 9.59 Å². The van der Waals surface area contributed by atoms with Crippen LogP contribution in [0.5, 0.6) is 0 Å². The fourth-order valence-electron chi connectivity index (χ4n) is 2.06. The zero-order valence-corrected chi connectivity index (χ0v) is 11.4. The molecule has 106 valence electrons. The van der Waals surface area contributed by atoms with Crippen LogP contribution in [0.1, 0.15) is 37.4 Å². The van der Waals surface area contributed by atoms with Crippen molar-refractivity contribution in [3.05, 3.63) is 48.0 Å². The Bertz CT molecular complexity index is 482. The molecule has 4 nitrogen and oxygen atoms in total. The van der Waals surface area contributed by atoms with Crippen LogP contribution in [-0.4, -0.2) is 18.4 Å². The van der Waals surface area contributed by atoms with Gasteiger partial charge >= 0.3 is 5.97 Å². The third-order valence-corrected chi connectivity index (χ3v) is 3.15. The number of allylic oxidation sites excluding steroid dienone is 2. The van der Waals surface area contributed by atoms with Crippen molar-refractivity contribution in [1.82, 2.24) is 5.32 Å². The summed E-state index contributed by atoms with van der Waals surface area (Å²) in [5, 5.41) is 2.82. The Hall–Kier alpha value is -2.10. The van der Waals surface area contributed by atoms with E-state index in [0.29, 0.717) is 32.2 Å². The van der Waals surface area contributed by atoms with Crippen molar-refractivity contribution >= 4 is 11.9 Å². The lowest BCUT2D eigenvalue weighted by Gasteiger charge is -2.19. The summed E-state index contributed by atoms with van der Waals surface area (Å²) < 4.78 is 5.47. The monoisotopic (exact) mass is 273 g/mol. The molecule has 0 saturated carbocycles. The van der Waals surface area contributed by atoms with Crippen LogP contribution in [0.2, 0.25) is 0 Å². The number of hydrogen-bond acceptors (Lipinski definition) is 3. The second-order valence-corrected chi connectivity index (χ2v) is 4.74. The van der Waals surface area contributed by atoms with Crippen molar-refractivity contribution in [2.75, 3.05) is 6.54 Å². The van der Waals surface area contributed by atoms with E-state index in [4.69, 9.17) is 4.74 Å². The minimum atomic E-state index is -0.420. The average Bonchev–Trinajstić information content (AvgIpc) is 2.46. The molecular formula is C16H19NO3. The van der Waals surface area contributed by atoms with E-state index < -0.39 is 6.10 Å². The minimum Gasteiger partial charge on any atom is -0.456 e. The molecule has 2 rings (SSSR count). The number of ether oxygens (including phenoxy) is 1. The number of esters is 1. The second-order valence-electron chi connectivity index (χ2n) is 4.74. The maximum Gasteiger partial charge on any atom is 0.306 e. The molecular weight excluding hydrogens is 254 g/mol. The summed E-state index contributed by atoms with van der Waals surface area (Å²) >= 11 is 0. The molecule has 1 aromatic carbocycles. The summed E-state index contributed by atoms with van der Waals surface area (Å²) in [7, 11) is 0. The SMILES string of the molecule is O=C1CCC=CCCC(=O)O[C@H](c2ccccc2)CN1. The molecule has 0 bridgehead atoms. The molecule has 0 spiro atoms. The quantitative estimate of drug-likeness (QED) is 0.632. The van der Waals surface area contributed by atoms with Crippen LogP contribution in [0.25, 0.3) is 0 Å². The zero-order valence-electron chi connectivity index (χ0n) is 11.4. The first-order valence-electron chi connectivity index (χ1n) is 6.92. The van der Waals surface area contributed by atoms with Gasteiger partial charge in [-0.15, -0.1) is 0 Å². The lowest BCUT2D eigenvalue weighted by atomic mass is 10.1. The number of nitrogens with one attached hydrogen (secondary N) is 1. The van der Waals surface area contributed by atoms with Crippen molar-refractivity contribution in [3.8, 4) is 0 Å². The summed E-state index contributed by atoms with van der Waals surface area (Å²) in [4.78, 5) is 23.5. The predicted octanol–water partition coefficient (Wildman–Crippen LogP) is 2.52. The first-order valence-corrected chi connectivity index (χ1v) is 6.92. The van der Waals surface area contributed by atoms with Gasteiger partial charge in [0, 0.05) is 12.8 Å². The van der Waals surface area contributed by atoms with Crippen molar-refractivity contribution in [1.29, 1.82) is 0 Å². The molecule has 1 aliphatic rings. The molecule has 0 fully saturated rings. The van der Waals surface area contributed by atoms with Crippen LogP contribution < -0.4 is 5.32 Å². The van der Waals surface area contributed by atoms with E-state index in [1.54, 1.807) is 0 Å². The van der Waals surface area contributed by atoms with Crippen LogP contribution in [-0.2, 0) is 14.3 Å². The number of benzene rings is 1. The molecule has 1 aliphatic heterocycles. The van der Waals surface area contributed by atoms with Gasteiger partial charge < -0.3 is 10.1 Å². The van der Waals surface area contributed by atoms with Crippen LogP contribution in [0.15, 0.2) is 42.5 Å². The van der Waals surface area contributed by atoms with Gasteiger partial charge in [-0.2, -0.15) is 0 Å². The highest BCUT2D eigenvalue weighted by Crippen LogP contribution is 2.18. The molecule has 0 saturated heterocycles. The van der Waals surface area contributed by atoms with E-state index in [1.807, 2.05) is 42.5 Å². The maximum absolute atomic E-state index is 11.8. The lowest BCUT2D eigenvalue weighted by molar-refractivity contribution is -0.149. The van der Waals surface area contributed by atoms with E-state index in [0.717, 1.165) is 5.56 Å². The Kier molecular flexibility index (Phi) is 5.35. The van der Waals surface area contributed by atoms with Crippen LogP contribution in [0.3, 0.4) is 0 Å². The molecule has 1 N–H and O–H groups in total. The Morgan fingerprint density at radius 1 is 1.00 bits per heavy atom. The Labute approximate surface area is 118 Å². The fraction of sp³-hybridized carbons (Fsp3) is 0.375. The molecule has 1 amide bonds. The molecule has 1 heterocycles. The Morgan fingerprint density at radius 3 is 2.45 bits per heavy atom. The number of carbonyl (C=O) groups excluding carboxylic acids is 2. The number of amides is 1. The minimum absolute atomic E-state index is 0.0211. The summed E-state index contributed by atoms with van der Waals surface area (Å²) in [6.07, 6.45) is 5.63. The highest BCUT2D eigenvalue weighted by molar-refractivity contribution is 5.76. The normalized spacial score (nSPS) is 21.3. The topological polar surface area (TPSA) is 55.4 Å². The molecule has 20 heavy (non-hydrogen) atoms. The van der Waals surface area contributed by atoms with Crippen LogP contribution in [0.4, 0.5) is 0 Å². The van der Waals surface area contributed by atoms with Gasteiger partial charge in [-0.25, -0.2) is 0 Å². The van der Waals surface area contributed by atoms with Gasteiger partial charge in [0.05, 0.1) is 6.54 Å². The molecule has 4 heteroatoms. The smallest absolute Gasteiger partial charge is 0.306 e. The molecule has 0 unspecified atom stereocenters. The highest BCUT2D eigenvalue weighted by atomic mass is 16.5. The molecule has 1 aromatic rings. The molecule has 0 aliphatic carbocycles. The van der Waals surface area contributed by atoms with Gasteiger partial charge in [-0.05, 0) is 18.4 Å². The Balaban J connectivity index is 2.09. The standard InChI is InChI=1S/C16H19NO3/c18-15-10-6-1-2-7-11-16(19)20-14(12-17-15)13-8-4-3-5-9-13/h1-5,8-9,14H,6-7,10-12H2,(H,17,18)/t14-/m0/s1. The summed E-state index contributed by atoms with van der Waals surface area (Å²) in [5.74, 6) is -0.259. The van der Waals surface area contributed by atoms with Gasteiger partial charge in [0.25, 0.3) is 0 Å². The zero-order chi connectivity index (χ0) is 14.2. The number of cyclic esters (lactones) is 1. The summed E-state index contributed by atoms with van der Waals surface area (Å²) in [6, 6.07) is 9.49. The number of carbonyl (C=O) groups is 2. The number of rotatable bonds is 1. The van der Waals surface area contributed by atoms with Crippen molar-refractivity contribution in [2.24, 2.45) is 0 Å². The summed E-state index contributed by atoms with van der Waals surface area (Å²) in [6.45, 7) is 0.318. The average molecular weight is 273 g/mol. The Morgan fingerprint density at radius 2 is 1.70 bits per heavy atom. The molecule has 0 aromatic heterocycles. The van der Waals surface area contributed by atoms with Gasteiger partial charge in [-0.1, -0.05) is 42.5 Å². The maximum atomic E-state index is 11.8. The highest BCUT2D eigenvalue weighted by Gasteiger charge is 2.17. The summed E-state index contributed by atoms with van der Waals surface area (Å²) in [5.41, 5.74) is 0.897. The van der Waals surface area contributed by atoms with Crippen molar-refractivity contribution in [3.63, 3.8) is 0 Å². The largest absolute Gasteiger partial charge is 0.456 e. The number of hydrogen-bond donors (Lipinski definition) is 1. The van der Waals surface area contributed by atoms with E-state index >= 15 is 0 Å². The second kappa shape index (κ2) is 7.48. The lowest BCUT2D eigenvalue weighted by Crippen LogP contribution is -2.30. The van der Waals surface area contributed by atoms with Gasteiger partial charge in [0.15, 0.2) is 0 Å². The molecule has 0 radical (unpaired) electrons. The first-order chi connectivity index (χ1) is 9.75. The first kappa shape index (κ1) is 14.3. The third-order valence-electron chi connectivity index (χ3n) is 3.15. The van der Waals surface area contributed by atoms with E-state index in [1.165, 1.54) is 0 Å². The fourth-order valence-corrected chi connectivity index (χ4v) is 2.06. The van der Waals surface area contributed by atoms with Crippen molar-refractivity contribution in [2.45, 2.75) is 31.8 Å². The molecule has 1 atom stereocenters. The van der Waals surface area contributed by atoms with Gasteiger partial charge in [0.2, 0.25) is 5.91 Å². The van der Waals surface area contributed by atoms with Crippen molar-refractivity contribution < 1.29 is 14.3 Å². The van der Waals surface area contributed by atoms with Gasteiger partial charge in [0.1, 0.15) is 6.10 Å². The van der Waals surface area contributed by atoms with Crippen LogP contribution >= 0.6 is 0 Å². The van der Waals surface area contributed by atoms with E-state index in [9.17, 15) is 9.59 Å². The van der Waals surface area contributed by atoms with E-state index in [-0.39, 0.29) is 11.9 Å². The predicted molar refractivity (Wildman–Crippen MR) is 75.9 cm³/mol. The third kappa shape index (κ3) is 4.53. The van der Waals surface area contributed by atoms with Crippen LogP contribution in [0, 0.1) is 0 Å².